The Kier molecular flexibility index (Phi) is 9.28. The van der Waals surface area contributed by atoms with E-state index in [1.54, 1.807) is 53.1 Å². The maximum Gasteiger partial charge on any atom is 0.407 e. The summed E-state index contributed by atoms with van der Waals surface area (Å²) < 4.78 is 7.07. The Morgan fingerprint density at radius 3 is 2.49 bits per heavy atom. The summed E-state index contributed by atoms with van der Waals surface area (Å²) in [7, 11) is 3.32. The van der Waals surface area contributed by atoms with Crippen LogP contribution >= 0.6 is 11.3 Å². The first-order chi connectivity index (χ1) is 18.3. The number of carboxylic acid groups (broad SMARTS) is 1. The first-order valence-corrected chi connectivity index (χ1v) is 13.4. The van der Waals surface area contributed by atoms with Crippen LogP contribution in [-0.4, -0.2) is 74.7 Å². The molecule has 39 heavy (non-hydrogen) atoms. The van der Waals surface area contributed by atoms with Crippen LogP contribution in [0.5, 0.6) is 0 Å². The Morgan fingerprint density at radius 2 is 1.87 bits per heavy atom. The molecule has 0 spiro atoms. The van der Waals surface area contributed by atoms with Gasteiger partial charge in [0.25, 0.3) is 11.8 Å². The minimum Gasteiger partial charge on any atom is -0.476 e. The van der Waals surface area contributed by atoms with E-state index in [0.717, 1.165) is 17.8 Å². The molecule has 0 radical (unpaired) electrons. The molecular weight excluding hydrogens is 524 g/mol. The van der Waals surface area contributed by atoms with Gasteiger partial charge in [0.05, 0.1) is 16.6 Å². The van der Waals surface area contributed by atoms with E-state index in [9.17, 15) is 19.2 Å². The number of carbonyl (C=O) groups is 4. The van der Waals surface area contributed by atoms with Gasteiger partial charge in [0.2, 0.25) is 11.0 Å². The Hall–Kier alpha value is -4.00. The molecule has 0 saturated heterocycles. The van der Waals surface area contributed by atoms with Crippen molar-refractivity contribution in [2.75, 3.05) is 26.0 Å². The van der Waals surface area contributed by atoms with E-state index in [1.807, 2.05) is 11.5 Å². The number of ether oxygens (including phenoxy) is 1. The van der Waals surface area contributed by atoms with E-state index >= 15 is 0 Å². The molecule has 210 valence electrons. The summed E-state index contributed by atoms with van der Waals surface area (Å²) >= 11 is 0.854. The molecule has 0 aliphatic heterocycles. The third-order valence-corrected chi connectivity index (χ3v) is 6.48. The highest BCUT2D eigenvalue weighted by Crippen LogP contribution is 2.30. The zero-order valence-corrected chi connectivity index (χ0v) is 23.7. The highest BCUT2D eigenvalue weighted by molar-refractivity contribution is 7.11. The summed E-state index contributed by atoms with van der Waals surface area (Å²) in [5.74, 6) is -1.81. The Balaban J connectivity index is 1.84. The molecule has 0 bridgehead atoms. The largest absolute Gasteiger partial charge is 0.476 e. The van der Waals surface area contributed by atoms with Gasteiger partial charge in [-0.25, -0.2) is 19.6 Å². The average molecular weight is 559 g/mol. The number of hydrogen-bond donors (Lipinski definition) is 3. The number of hydrogen-bond acceptors (Lipinski definition) is 8. The van der Waals surface area contributed by atoms with Crippen molar-refractivity contribution in [2.45, 2.75) is 58.6 Å². The van der Waals surface area contributed by atoms with E-state index in [1.165, 1.54) is 10.3 Å². The SMILES string of the molecule is CC(CCCCNC(=O)OC(C)(C)C)n1c(NC(=O)c2csc(C(=O)O)n2)nc2cccc(C(=O)N(C)C)c21. The predicted molar refractivity (Wildman–Crippen MR) is 148 cm³/mol. The van der Waals surface area contributed by atoms with Gasteiger partial charge in [0.15, 0.2) is 0 Å². The predicted octanol–water partition coefficient (Wildman–Crippen LogP) is 4.40. The highest BCUT2D eigenvalue weighted by Gasteiger charge is 2.24. The summed E-state index contributed by atoms with van der Waals surface area (Å²) in [6.45, 7) is 7.80. The zero-order chi connectivity index (χ0) is 28.9. The summed E-state index contributed by atoms with van der Waals surface area (Å²) in [6, 6.07) is 5.02. The van der Waals surface area contributed by atoms with Crippen LogP contribution < -0.4 is 10.6 Å². The fourth-order valence-electron chi connectivity index (χ4n) is 3.92. The molecule has 3 amide bonds. The number of aromatic carboxylic acids is 1. The Labute approximate surface area is 230 Å². The topological polar surface area (TPSA) is 156 Å². The van der Waals surface area contributed by atoms with Crippen molar-refractivity contribution in [1.29, 1.82) is 0 Å². The number of amides is 3. The zero-order valence-electron chi connectivity index (χ0n) is 22.9. The number of fused-ring (bicyclic) bond motifs is 1. The molecule has 0 aliphatic carbocycles. The number of carboxylic acids is 1. The summed E-state index contributed by atoms with van der Waals surface area (Å²) in [5, 5.41) is 15.8. The summed E-state index contributed by atoms with van der Waals surface area (Å²) in [5.41, 5.74) is 0.931. The molecule has 1 atom stereocenters. The van der Waals surface area contributed by atoms with Gasteiger partial charge in [0, 0.05) is 32.1 Å². The molecule has 2 heterocycles. The smallest absolute Gasteiger partial charge is 0.407 e. The number of nitrogens with zero attached hydrogens (tertiary/aromatic N) is 4. The number of alkyl carbamates (subject to hydrolysis) is 1. The molecule has 12 nitrogen and oxygen atoms in total. The van der Waals surface area contributed by atoms with E-state index in [0.29, 0.717) is 36.0 Å². The number of unbranched alkanes of at least 4 members (excludes halogenated alkanes) is 1. The van der Waals surface area contributed by atoms with Crippen molar-refractivity contribution >= 4 is 52.2 Å². The number of imidazole rings is 1. The van der Waals surface area contributed by atoms with E-state index in [2.05, 4.69) is 20.6 Å². The van der Waals surface area contributed by atoms with Gasteiger partial charge in [-0.3, -0.25) is 14.9 Å². The molecule has 1 unspecified atom stereocenters. The lowest BCUT2D eigenvalue weighted by Gasteiger charge is -2.20. The van der Waals surface area contributed by atoms with Crippen molar-refractivity contribution in [3.05, 3.63) is 39.8 Å². The lowest BCUT2D eigenvalue weighted by Crippen LogP contribution is -2.33. The maximum atomic E-state index is 13.0. The van der Waals surface area contributed by atoms with Crippen LogP contribution in [0.2, 0.25) is 0 Å². The minimum absolute atomic E-state index is 0.0403. The molecule has 3 rings (SSSR count). The van der Waals surface area contributed by atoms with Gasteiger partial charge in [-0.2, -0.15) is 0 Å². The molecule has 13 heteroatoms. The van der Waals surface area contributed by atoms with E-state index < -0.39 is 23.6 Å². The van der Waals surface area contributed by atoms with Crippen molar-refractivity contribution < 1.29 is 29.0 Å². The normalized spacial score (nSPS) is 12.2. The summed E-state index contributed by atoms with van der Waals surface area (Å²) in [6.07, 6.45) is 1.62. The first kappa shape index (κ1) is 29.6. The molecule has 2 aromatic heterocycles. The van der Waals surface area contributed by atoms with Gasteiger partial charge >= 0.3 is 12.1 Å². The Morgan fingerprint density at radius 1 is 1.15 bits per heavy atom. The van der Waals surface area contributed by atoms with Gasteiger partial charge in [-0.15, -0.1) is 11.3 Å². The van der Waals surface area contributed by atoms with Gasteiger partial charge < -0.3 is 24.6 Å². The molecule has 3 N–H and O–H groups in total. The van der Waals surface area contributed by atoms with Crippen LogP contribution in [-0.2, 0) is 4.74 Å². The van der Waals surface area contributed by atoms with Gasteiger partial charge in [-0.1, -0.05) is 6.07 Å². The van der Waals surface area contributed by atoms with Gasteiger partial charge in [-0.05, 0) is 59.1 Å². The maximum absolute atomic E-state index is 13.0. The van der Waals surface area contributed by atoms with Crippen LogP contribution in [0.1, 0.15) is 83.6 Å². The number of benzene rings is 1. The molecule has 1 aromatic carbocycles. The van der Waals surface area contributed by atoms with Crippen LogP contribution in [0.4, 0.5) is 10.7 Å². The fourth-order valence-corrected chi connectivity index (χ4v) is 4.55. The van der Waals surface area contributed by atoms with Crippen LogP contribution in [0.25, 0.3) is 11.0 Å². The molecule has 0 fully saturated rings. The van der Waals surface area contributed by atoms with Crippen molar-refractivity contribution in [1.82, 2.24) is 24.8 Å². The van der Waals surface area contributed by atoms with E-state index in [-0.39, 0.29) is 28.6 Å². The molecular formula is C26H34N6O6S. The number of thiazole rings is 1. The number of rotatable bonds is 10. The molecule has 3 aromatic rings. The third-order valence-electron chi connectivity index (χ3n) is 5.65. The second-order valence-electron chi connectivity index (χ2n) is 10.2. The quantitative estimate of drug-likeness (QED) is 0.309. The highest BCUT2D eigenvalue weighted by atomic mass is 32.1. The van der Waals surface area contributed by atoms with Crippen LogP contribution in [0.15, 0.2) is 23.6 Å². The average Bonchev–Trinajstić information content (AvgIpc) is 3.47. The third kappa shape index (κ3) is 7.53. The van der Waals surface area contributed by atoms with Crippen molar-refractivity contribution in [2.24, 2.45) is 0 Å². The standard InChI is InChI=1S/C26H34N6O6S/c1-15(10-7-8-13-27-25(37)38-26(2,3)4)32-19-16(22(34)31(5)6)11-9-12-17(19)29-24(32)30-20(33)18-14-39-21(28-18)23(35)36/h9,11-12,14-15H,7-8,10,13H2,1-6H3,(H,27,37)(H,35,36)(H,29,30,33). The summed E-state index contributed by atoms with van der Waals surface area (Å²) in [4.78, 5) is 59.0. The number of para-hydroxylation sites is 1. The number of carbonyl (C=O) groups excluding carboxylic acids is 3. The lowest BCUT2D eigenvalue weighted by molar-refractivity contribution is 0.0525. The fraction of sp³-hybridized carbons (Fsp3) is 0.462. The number of anilines is 1. The van der Waals surface area contributed by atoms with Crippen LogP contribution in [0.3, 0.4) is 0 Å². The minimum atomic E-state index is -1.21. The second-order valence-corrected chi connectivity index (χ2v) is 11.1. The van der Waals surface area contributed by atoms with Crippen molar-refractivity contribution in [3.8, 4) is 0 Å². The van der Waals surface area contributed by atoms with Crippen LogP contribution in [0, 0.1) is 0 Å². The second kappa shape index (κ2) is 12.2. The molecule has 0 saturated carbocycles. The number of nitrogens with one attached hydrogen (secondary N) is 2. The molecule has 0 aliphatic rings. The lowest BCUT2D eigenvalue weighted by atomic mass is 10.1. The van der Waals surface area contributed by atoms with Crippen molar-refractivity contribution in [3.63, 3.8) is 0 Å². The monoisotopic (exact) mass is 558 g/mol. The number of aromatic nitrogens is 3. The first-order valence-electron chi connectivity index (χ1n) is 12.5. The van der Waals surface area contributed by atoms with Gasteiger partial charge in [0.1, 0.15) is 11.3 Å². The Bertz CT molecular complexity index is 1370. The van der Waals surface area contributed by atoms with E-state index in [4.69, 9.17) is 9.84 Å².